The Morgan fingerprint density at radius 2 is 2.12 bits per heavy atom. The van der Waals surface area contributed by atoms with E-state index in [2.05, 4.69) is 22.2 Å². The van der Waals surface area contributed by atoms with Gasteiger partial charge in [0.05, 0.1) is 12.1 Å². The van der Waals surface area contributed by atoms with Gasteiger partial charge in [0.15, 0.2) is 11.5 Å². The maximum atomic E-state index is 12.0. The molecule has 0 saturated heterocycles. The van der Waals surface area contributed by atoms with Crippen LogP contribution in [0.3, 0.4) is 0 Å². The van der Waals surface area contributed by atoms with Crippen LogP contribution >= 0.6 is 11.3 Å². The molecule has 24 heavy (non-hydrogen) atoms. The lowest BCUT2D eigenvalue weighted by molar-refractivity contribution is 0.171. The molecule has 6 nitrogen and oxygen atoms in total. The largest absolute Gasteiger partial charge is 0.486 e. The Kier molecular flexibility index (Phi) is 3.95. The van der Waals surface area contributed by atoms with Gasteiger partial charge in [0, 0.05) is 6.04 Å². The minimum absolute atomic E-state index is 0.0845. The van der Waals surface area contributed by atoms with E-state index in [1.54, 1.807) is 0 Å². The minimum atomic E-state index is -0.0845. The van der Waals surface area contributed by atoms with Crippen molar-refractivity contribution in [3.05, 3.63) is 51.4 Å². The quantitative estimate of drug-likeness (QED) is 0.761. The summed E-state index contributed by atoms with van der Waals surface area (Å²) in [4.78, 5) is 19.3. The molecule has 7 heteroatoms. The fraction of sp³-hybridized carbons (Fsp3) is 0.294. The highest BCUT2D eigenvalue weighted by atomic mass is 32.1. The van der Waals surface area contributed by atoms with Crippen molar-refractivity contribution in [1.29, 1.82) is 0 Å². The van der Waals surface area contributed by atoms with Crippen molar-refractivity contribution in [3.63, 3.8) is 0 Å². The summed E-state index contributed by atoms with van der Waals surface area (Å²) in [7, 11) is 0. The van der Waals surface area contributed by atoms with Gasteiger partial charge < -0.3 is 19.8 Å². The summed E-state index contributed by atoms with van der Waals surface area (Å²) < 4.78 is 11.8. The number of rotatable bonds is 4. The summed E-state index contributed by atoms with van der Waals surface area (Å²) in [5.74, 6) is 2.19. The van der Waals surface area contributed by atoms with E-state index in [9.17, 15) is 4.79 Å². The molecule has 1 aliphatic rings. The number of hydrogen-bond acceptors (Lipinski definition) is 6. The lowest BCUT2D eigenvalue weighted by Gasteiger charge is -2.21. The van der Waals surface area contributed by atoms with Gasteiger partial charge in [-0.25, -0.2) is 4.98 Å². The van der Waals surface area contributed by atoms with Gasteiger partial charge >= 0.3 is 0 Å². The van der Waals surface area contributed by atoms with Crippen molar-refractivity contribution < 1.29 is 9.47 Å². The van der Waals surface area contributed by atoms with E-state index in [-0.39, 0.29) is 11.6 Å². The first-order valence-corrected chi connectivity index (χ1v) is 8.68. The number of H-pyrrole nitrogens is 1. The van der Waals surface area contributed by atoms with E-state index >= 15 is 0 Å². The van der Waals surface area contributed by atoms with E-state index in [4.69, 9.17) is 9.47 Å². The summed E-state index contributed by atoms with van der Waals surface area (Å²) in [5.41, 5.74) is 1.75. The third kappa shape index (κ3) is 2.88. The van der Waals surface area contributed by atoms with Crippen LogP contribution in [-0.2, 0) is 6.54 Å². The molecule has 0 bridgehead atoms. The molecule has 0 spiro atoms. The zero-order chi connectivity index (χ0) is 16.5. The first-order valence-electron chi connectivity index (χ1n) is 7.80. The van der Waals surface area contributed by atoms with Crippen molar-refractivity contribution in [3.8, 4) is 11.5 Å². The van der Waals surface area contributed by atoms with Crippen LogP contribution in [0, 0.1) is 0 Å². The molecule has 1 aliphatic heterocycles. The number of aromatic nitrogens is 2. The third-order valence-corrected chi connectivity index (χ3v) is 4.91. The van der Waals surface area contributed by atoms with Crippen LogP contribution in [0.2, 0.25) is 0 Å². The van der Waals surface area contributed by atoms with E-state index in [1.165, 1.54) is 11.3 Å². The summed E-state index contributed by atoms with van der Waals surface area (Å²) in [6.45, 7) is 3.71. The Morgan fingerprint density at radius 1 is 1.29 bits per heavy atom. The van der Waals surface area contributed by atoms with Gasteiger partial charge in [-0.1, -0.05) is 6.07 Å². The average molecular weight is 343 g/mol. The Bertz CT molecular complexity index is 934. The van der Waals surface area contributed by atoms with Crippen molar-refractivity contribution in [1.82, 2.24) is 15.3 Å². The summed E-state index contributed by atoms with van der Waals surface area (Å²) >= 11 is 1.40. The number of fused-ring (bicyclic) bond motifs is 2. The number of hydrogen-bond donors (Lipinski definition) is 2. The van der Waals surface area contributed by atoms with E-state index in [0.29, 0.717) is 30.3 Å². The van der Waals surface area contributed by atoms with Gasteiger partial charge in [0.25, 0.3) is 5.56 Å². The van der Waals surface area contributed by atoms with E-state index < -0.39 is 0 Å². The van der Waals surface area contributed by atoms with E-state index in [0.717, 1.165) is 22.6 Å². The van der Waals surface area contributed by atoms with E-state index in [1.807, 2.05) is 29.6 Å². The molecule has 0 radical (unpaired) electrons. The molecule has 2 aromatic heterocycles. The SMILES string of the molecule is C[C@H](NCc1nc2ccsc2c(=O)[nH]1)c1ccc2c(c1)OCCO2. The van der Waals surface area contributed by atoms with Gasteiger partial charge in [0.2, 0.25) is 0 Å². The normalized spacial score (nSPS) is 14.7. The topological polar surface area (TPSA) is 76.2 Å². The maximum Gasteiger partial charge on any atom is 0.268 e. The van der Waals surface area contributed by atoms with Gasteiger partial charge in [-0.2, -0.15) is 0 Å². The second-order valence-electron chi connectivity index (χ2n) is 5.65. The molecule has 3 heterocycles. The smallest absolute Gasteiger partial charge is 0.268 e. The van der Waals surface area contributed by atoms with Gasteiger partial charge in [0.1, 0.15) is 23.7 Å². The Morgan fingerprint density at radius 3 is 3.00 bits per heavy atom. The molecule has 0 saturated carbocycles. The monoisotopic (exact) mass is 343 g/mol. The number of nitrogens with zero attached hydrogens (tertiary/aromatic N) is 1. The van der Waals surface area contributed by atoms with Crippen LogP contribution in [0.4, 0.5) is 0 Å². The molecule has 4 rings (SSSR count). The maximum absolute atomic E-state index is 12.0. The summed E-state index contributed by atoms with van der Waals surface area (Å²) in [6, 6.07) is 7.89. The van der Waals surface area contributed by atoms with Crippen molar-refractivity contribution in [2.75, 3.05) is 13.2 Å². The molecule has 1 atom stereocenters. The molecule has 0 unspecified atom stereocenters. The zero-order valence-corrected chi connectivity index (χ0v) is 14.0. The molecular weight excluding hydrogens is 326 g/mol. The lowest BCUT2D eigenvalue weighted by atomic mass is 10.1. The van der Waals surface area contributed by atoms with Gasteiger partial charge in [-0.05, 0) is 36.1 Å². The number of benzene rings is 1. The van der Waals surface area contributed by atoms with Crippen molar-refractivity contribution in [2.24, 2.45) is 0 Å². The number of nitrogens with one attached hydrogen (secondary N) is 2. The molecule has 1 aromatic carbocycles. The molecule has 124 valence electrons. The first kappa shape index (κ1) is 15.2. The Hall–Kier alpha value is -2.38. The highest BCUT2D eigenvalue weighted by Crippen LogP contribution is 2.32. The predicted molar refractivity (Wildman–Crippen MR) is 92.9 cm³/mol. The van der Waals surface area contributed by atoms with Gasteiger partial charge in [-0.3, -0.25) is 4.79 Å². The van der Waals surface area contributed by atoms with Crippen LogP contribution in [0.15, 0.2) is 34.4 Å². The van der Waals surface area contributed by atoms with Crippen LogP contribution in [0.5, 0.6) is 11.5 Å². The number of thiophene rings is 1. The van der Waals surface area contributed by atoms with Gasteiger partial charge in [-0.15, -0.1) is 11.3 Å². The Labute approximate surface area is 142 Å². The second-order valence-corrected chi connectivity index (χ2v) is 6.57. The lowest BCUT2D eigenvalue weighted by Crippen LogP contribution is -2.22. The van der Waals surface area contributed by atoms with Crippen LogP contribution < -0.4 is 20.3 Å². The fourth-order valence-electron chi connectivity index (χ4n) is 2.70. The predicted octanol–water partition coefficient (Wildman–Crippen LogP) is 2.61. The van der Waals surface area contributed by atoms with Crippen LogP contribution in [0.25, 0.3) is 10.2 Å². The first-order chi connectivity index (χ1) is 11.7. The third-order valence-electron chi connectivity index (χ3n) is 4.01. The molecule has 0 fully saturated rings. The highest BCUT2D eigenvalue weighted by molar-refractivity contribution is 7.17. The Balaban J connectivity index is 1.49. The molecule has 0 aliphatic carbocycles. The summed E-state index contributed by atoms with van der Waals surface area (Å²) in [5, 5.41) is 5.26. The number of aromatic amines is 1. The van der Waals surface area contributed by atoms with Crippen LogP contribution in [0.1, 0.15) is 24.4 Å². The molecule has 3 aromatic rings. The zero-order valence-electron chi connectivity index (χ0n) is 13.2. The minimum Gasteiger partial charge on any atom is -0.486 e. The molecular formula is C17H17N3O3S. The highest BCUT2D eigenvalue weighted by Gasteiger charge is 2.14. The van der Waals surface area contributed by atoms with Crippen molar-refractivity contribution >= 4 is 21.6 Å². The summed E-state index contributed by atoms with van der Waals surface area (Å²) in [6.07, 6.45) is 0. The molecule has 0 amide bonds. The standard InChI is InChI=1S/C17H17N3O3S/c1-10(11-2-3-13-14(8-11)23-6-5-22-13)18-9-15-19-12-4-7-24-16(12)17(21)20-15/h2-4,7-8,10,18H,5-6,9H2,1H3,(H,19,20,21)/t10-/m0/s1. The van der Waals surface area contributed by atoms with Crippen molar-refractivity contribution in [2.45, 2.75) is 19.5 Å². The second kappa shape index (κ2) is 6.26. The number of ether oxygens (including phenoxy) is 2. The molecule has 2 N–H and O–H groups in total. The fourth-order valence-corrected chi connectivity index (χ4v) is 3.43. The van der Waals surface area contributed by atoms with Crippen LogP contribution in [-0.4, -0.2) is 23.2 Å². The average Bonchev–Trinajstić information content (AvgIpc) is 3.08.